The van der Waals surface area contributed by atoms with Gasteiger partial charge >= 0.3 is 0 Å². The third kappa shape index (κ3) is 4.83. The normalized spacial score (nSPS) is 11.7. The molecule has 2 N–H and O–H groups in total. The summed E-state index contributed by atoms with van der Waals surface area (Å²) in [6.45, 7) is 0.269. The summed E-state index contributed by atoms with van der Waals surface area (Å²) in [4.78, 5) is -0.980. The molecule has 1 rings (SSSR count). The van der Waals surface area contributed by atoms with E-state index in [9.17, 15) is 17.2 Å². The van der Waals surface area contributed by atoms with Crippen LogP contribution in [-0.2, 0) is 14.8 Å². The van der Waals surface area contributed by atoms with Crippen molar-refractivity contribution in [1.82, 2.24) is 4.72 Å². The first-order valence-electron chi connectivity index (χ1n) is 5.61. The van der Waals surface area contributed by atoms with Crippen LogP contribution in [-0.4, -0.2) is 39.9 Å². The molecule has 0 aliphatic heterocycles. The highest BCUT2D eigenvalue weighted by Crippen LogP contribution is 2.17. The average Bonchev–Trinajstić information content (AvgIpc) is 2.33. The number of ether oxygens (including phenoxy) is 1. The second-order valence-electron chi connectivity index (χ2n) is 3.64. The van der Waals surface area contributed by atoms with E-state index >= 15 is 0 Å². The van der Waals surface area contributed by atoms with Crippen molar-refractivity contribution in [2.45, 2.75) is 11.3 Å². The smallest absolute Gasteiger partial charge is 0.246 e. The Hall–Kier alpha value is -1.09. The van der Waals surface area contributed by atoms with Gasteiger partial charge in [0.2, 0.25) is 10.0 Å². The zero-order chi connectivity index (χ0) is 14.3. The molecule has 0 aromatic heterocycles. The summed E-state index contributed by atoms with van der Waals surface area (Å²) in [7, 11) is -4.22. The molecule has 0 aliphatic carbocycles. The monoisotopic (exact) mass is 295 g/mol. The van der Waals surface area contributed by atoms with Crippen molar-refractivity contribution in [1.29, 1.82) is 0 Å². The molecule has 5 nitrogen and oxygen atoms in total. The Morgan fingerprint density at radius 1 is 1.21 bits per heavy atom. The van der Waals surface area contributed by atoms with Crippen molar-refractivity contribution in [2.24, 2.45) is 0 Å². The Balaban J connectivity index is 2.57. The van der Waals surface area contributed by atoms with Crippen LogP contribution in [0, 0.1) is 11.6 Å². The number of halogens is 2. The molecule has 8 heteroatoms. The van der Waals surface area contributed by atoms with E-state index in [-0.39, 0.29) is 26.4 Å². The van der Waals surface area contributed by atoms with Gasteiger partial charge in [-0.05, 0) is 18.6 Å². The van der Waals surface area contributed by atoms with Gasteiger partial charge in [-0.2, -0.15) is 0 Å². The van der Waals surface area contributed by atoms with E-state index in [1.54, 1.807) is 0 Å². The van der Waals surface area contributed by atoms with Gasteiger partial charge in [0.1, 0.15) is 11.6 Å². The summed E-state index contributed by atoms with van der Waals surface area (Å²) in [5.74, 6) is -2.27. The van der Waals surface area contributed by atoms with Crippen molar-refractivity contribution in [2.75, 3.05) is 26.4 Å². The molecule has 19 heavy (non-hydrogen) atoms. The minimum Gasteiger partial charge on any atom is -0.394 e. The van der Waals surface area contributed by atoms with E-state index in [1.165, 1.54) is 0 Å². The molecule has 0 amide bonds. The quantitative estimate of drug-likeness (QED) is 0.690. The van der Waals surface area contributed by atoms with Gasteiger partial charge < -0.3 is 9.84 Å². The number of aliphatic hydroxyl groups excluding tert-OH is 1. The van der Waals surface area contributed by atoms with Crippen molar-refractivity contribution < 1.29 is 27.0 Å². The molecular weight excluding hydrogens is 280 g/mol. The minimum atomic E-state index is -4.22. The molecule has 0 spiro atoms. The zero-order valence-electron chi connectivity index (χ0n) is 10.1. The maximum Gasteiger partial charge on any atom is 0.246 e. The molecule has 0 radical (unpaired) electrons. The summed E-state index contributed by atoms with van der Waals surface area (Å²) in [5, 5.41) is 8.44. The third-order valence-corrected chi connectivity index (χ3v) is 3.69. The fourth-order valence-corrected chi connectivity index (χ4v) is 2.57. The van der Waals surface area contributed by atoms with Gasteiger partial charge in [-0.1, -0.05) is 6.07 Å². The summed E-state index contributed by atoms with van der Waals surface area (Å²) in [5.41, 5.74) is 0. The first-order valence-corrected chi connectivity index (χ1v) is 7.09. The summed E-state index contributed by atoms with van der Waals surface area (Å²) in [6.07, 6.45) is 0.329. The molecule has 0 aliphatic rings. The summed E-state index contributed by atoms with van der Waals surface area (Å²) < 4.78 is 57.0. The Bertz CT molecular complexity index is 487. The van der Waals surface area contributed by atoms with E-state index in [0.717, 1.165) is 18.2 Å². The van der Waals surface area contributed by atoms with Crippen LogP contribution in [0.3, 0.4) is 0 Å². The first-order chi connectivity index (χ1) is 8.99. The standard InChI is InChI=1S/C11H15F2NO4S/c12-9-3-1-4-10(13)11(9)19(16,17)14-5-2-7-18-8-6-15/h1,3-4,14-15H,2,5-8H2. The Kier molecular flexibility index (Phi) is 6.29. The van der Waals surface area contributed by atoms with Crippen LogP contribution in [0.2, 0.25) is 0 Å². The van der Waals surface area contributed by atoms with Crippen LogP contribution >= 0.6 is 0 Å². The number of hydrogen-bond donors (Lipinski definition) is 2. The summed E-state index contributed by atoms with van der Waals surface area (Å²) in [6, 6.07) is 2.84. The molecule has 0 heterocycles. The van der Waals surface area contributed by atoms with Crippen molar-refractivity contribution in [3.8, 4) is 0 Å². The number of benzene rings is 1. The molecule has 1 aromatic rings. The van der Waals surface area contributed by atoms with Gasteiger partial charge in [-0.3, -0.25) is 0 Å². The van der Waals surface area contributed by atoms with Gasteiger partial charge in [0.05, 0.1) is 13.2 Å². The van der Waals surface area contributed by atoms with E-state index in [4.69, 9.17) is 9.84 Å². The number of hydrogen-bond acceptors (Lipinski definition) is 4. The van der Waals surface area contributed by atoms with Crippen LogP contribution in [0.5, 0.6) is 0 Å². The van der Waals surface area contributed by atoms with Gasteiger partial charge in [-0.25, -0.2) is 21.9 Å². The molecule has 0 saturated carbocycles. The highest BCUT2D eigenvalue weighted by Gasteiger charge is 2.22. The van der Waals surface area contributed by atoms with E-state index in [2.05, 4.69) is 4.72 Å². The second kappa shape index (κ2) is 7.49. The molecule has 108 valence electrons. The van der Waals surface area contributed by atoms with Crippen LogP contribution < -0.4 is 4.72 Å². The topological polar surface area (TPSA) is 75.6 Å². The van der Waals surface area contributed by atoms with Crippen molar-refractivity contribution in [3.05, 3.63) is 29.8 Å². The summed E-state index contributed by atoms with van der Waals surface area (Å²) >= 11 is 0. The largest absolute Gasteiger partial charge is 0.394 e. The fourth-order valence-electron chi connectivity index (χ4n) is 1.36. The Morgan fingerprint density at radius 3 is 2.42 bits per heavy atom. The van der Waals surface area contributed by atoms with Crippen molar-refractivity contribution in [3.63, 3.8) is 0 Å². The molecule has 1 aromatic carbocycles. The lowest BCUT2D eigenvalue weighted by Crippen LogP contribution is -2.27. The van der Waals surface area contributed by atoms with Crippen molar-refractivity contribution >= 4 is 10.0 Å². The van der Waals surface area contributed by atoms with Gasteiger partial charge in [0.25, 0.3) is 0 Å². The average molecular weight is 295 g/mol. The van der Waals surface area contributed by atoms with E-state index in [0.29, 0.717) is 6.42 Å². The lowest BCUT2D eigenvalue weighted by atomic mass is 10.3. The Morgan fingerprint density at radius 2 is 1.84 bits per heavy atom. The molecular formula is C11H15F2NO4S. The highest BCUT2D eigenvalue weighted by molar-refractivity contribution is 7.89. The predicted molar refractivity (Wildman–Crippen MR) is 64.1 cm³/mol. The van der Waals surface area contributed by atoms with Gasteiger partial charge in [0.15, 0.2) is 4.90 Å². The Labute approximate surface area is 110 Å². The third-order valence-electron chi connectivity index (χ3n) is 2.18. The maximum absolute atomic E-state index is 13.3. The maximum atomic E-state index is 13.3. The minimum absolute atomic E-state index is 0.0124. The molecule has 0 bridgehead atoms. The van der Waals surface area contributed by atoms with Gasteiger partial charge in [-0.15, -0.1) is 0 Å². The number of rotatable bonds is 8. The fraction of sp³-hybridized carbons (Fsp3) is 0.455. The second-order valence-corrected chi connectivity index (χ2v) is 5.34. The SMILES string of the molecule is O=S(=O)(NCCCOCCO)c1c(F)cccc1F. The molecule has 0 atom stereocenters. The van der Waals surface area contributed by atoms with Crippen LogP contribution in [0.4, 0.5) is 8.78 Å². The van der Waals surface area contributed by atoms with E-state index < -0.39 is 26.6 Å². The molecule has 0 unspecified atom stereocenters. The predicted octanol–water partition coefficient (Wildman–Crippen LogP) is 0.642. The molecule has 0 fully saturated rings. The van der Waals surface area contributed by atoms with Crippen LogP contribution in [0.25, 0.3) is 0 Å². The van der Waals surface area contributed by atoms with E-state index in [1.807, 2.05) is 0 Å². The lowest BCUT2D eigenvalue weighted by Gasteiger charge is -2.08. The number of aliphatic hydroxyl groups is 1. The molecule has 0 saturated heterocycles. The van der Waals surface area contributed by atoms with Gasteiger partial charge in [0, 0.05) is 13.2 Å². The number of nitrogens with one attached hydrogen (secondary N) is 1. The first kappa shape index (κ1) is 16.0. The van der Waals surface area contributed by atoms with Crippen LogP contribution in [0.1, 0.15) is 6.42 Å². The highest BCUT2D eigenvalue weighted by atomic mass is 32.2. The van der Waals surface area contributed by atoms with Crippen LogP contribution in [0.15, 0.2) is 23.1 Å². The zero-order valence-corrected chi connectivity index (χ0v) is 10.9. The number of sulfonamides is 1. The lowest BCUT2D eigenvalue weighted by molar-refractivity contribution is 0.0913.